The highest BCUT2D eigenvalue weighted by Crippen LogP contribution is 2.23. The zero-order chi connectivity index (χ0) is 19.8. The third-order valence-electron chi connectivity index (χ3n) is 4.44. The van der Waals surface area contributed by atoms with Crippen LogP contribution in [-0.4, -0.2) is 25.0 Å². The summed E-state index contributed by atoms with van der Waals surface area (Å²) in [5, 5.41) is 0. The van der Waals surface area contributed by atoms with Gasteiger partial charge in [0.1, 0.15) is 11.3 Å². The lowest BCUT2D eigenvalue weighted by atomic mass is 10.2. The van der Waals surface area contributed by atoms with Gasteiger partial charge in [0.25, 0.3) is 5.91 Å². The van der Waals surface area contributed by atoms with Gasteiger partial charge in [0.05, 0.1) is 5.69 Å². The van der Waals surface area contributed by atoms with Gasteiger partial charge in [-0.15, -0.1) is 0 Å². The molecule has 7 nitrogen and oxygen atoms in total. The molecule has 28 heavy (non-hydrogen) atoms. The van der Waals surface area contributed by atoms with Crippen molar-refractivity contribution in [2.75, 3.05) is 0 Å². The Bertz CT molecular complexity index is 1240. The summed E-state index contributed by atoms with van der Waals surface area (Å²) in [5.74, 6) is -0.914. The third kappa shape index (κ3) is 2.75. The number of fused-ring (bicyclic) bond motifs is 1. The number of carbonyl (C=O) groups excluding carboxylic acids is 1. The van der Waals surface area contributed by atoms with Gasteiger partial charge >= 0.3 is 5.69 Å². The van der Waals surface area contributed by atoms with E-state index in [-0.39, 0.29) is 29.2 Å². The molecule has 140 valence electrons. The van der Waals surface area contributed by atoms with E-state index < -0.39 is 17.4 Å². The van der Waals surface area contributed by atoms with E-state index in [9.17, 15) is 14.0 Å². The van der Waals surface area contributed by atoms with E-state index in [1.807, 2.05) is 18.2 Å². The van der Waals surface area contributed by atoms with Gasteiger partial charge < -0.3 is 5.73 Å². The van der Waals surface area contributed by atoms with Gasteiger partial charge in [-0.3, -0.25) is 9.36 Å². The number of amides is 1. The second kappa shape index (κ2) is 6.73. The highest BCUT2D eigenvalue weighted by molar-refractivity contribution is 6.02. The number of hydrogen-bond acceptors (Lipinski definition) is 4. The van der Waals surface area contributed by atoms with Crippen molar-refractivity contribution in [1.29, 1.82) is 0 Å². The maximum Gasteiger partial charge on any atom is 0.335 e. The van der Waals surface area contributed by atoms with Crippen LogP contribution in [-0.2, 0) is 6.54 Å². The summed E-state index contributed by atoms with van der Waals surface area (Å²) >= 11 is 0. The number of nitrogens with zero attached hydrogens (tertiary/aromatic N) is 4. The van der Waals surface area contributed by atoms with Crippen molar-refractivity contribution in [3.05, 3.63) is 76.6 Å². The maximum atomic E-state index is 13.4. The zero-order valence-corrected chi connectivity index (χ0v) is 15.0. The normalized spacial score (nSPS) is 11.1. The van der Waals surface area contributed by atoms with E-state index in [4.69, 9.17) is 5.73 Å². The van der Waals surface area contributed by atoms with Crippen LogP contribution in [0.5, 0.6) is 0 Å². The summed E-state index contributed by atoms with van der Waals surface area (Å²) < 4.78 is 16.1. The first kappa shape index (κ1) is 17.6. The Kier molecular flexibility index (Phi) is 4.23. The molecule has 0 bridgehead atoms. The molecular formula is C20H16FN5O2. The van der Waals surface area contributed by atoms with Crippen LogP contribution < -0.4 is 11.4 Å². The molecule has 4 aromatic rings. The topological polar surface area (TPSA) is 95.8 Å². The average Bonchev–Trinajstić information content (AvgIpc) is 2.99. The molecule has 0 saturated carbocycles. The lowest BCUT2D eigenvalue weighted by Crippen LogP contribution is -2.23. The van der Waals surface area contributed by atoms with Gasteiger partial charge in [0.15, 0.2) is 17.2 Å². The van der Waals surface area contributed by atoms with Crippen molar-refractivity contribution in [2.45, 2.75) is 13.5 Å². The molecule has 1 amide bonds. The molecule has 2 heterocycles. The number of primary amides is 1. The molecule has 0 aliphatic heterocycles. The second-order valence-corrected chi connectivity index (χ2v) is 6.14. The number of aromatic nitrogens is 4. The average molecular weight is 377 g/mol. The molecular weight excluding hydrogens is 361 g/mol. The Morgan fingerprint density at radius 3 is 2.36 bits per heavy atom. The smallest absolute Gasteiger partial charge is 0.335 e. The van der Waals surface area contributed by atoms with Crippen LogP contribution in [0.4, 0.5) is 4.39 Å². The van der Waals surface area contributed by atoms with Crippen LogP contribution in [0.2, 0.25) is 0 Å². The fourth-order valence-electron chi connectivity index (χ4n) is 3.16. The molecule has 0 unspecified atom stereocenters. The van der Waals surface area contributed by atoms with Crippen molar-refractivity contribution in [1.82, 2.24) is 19.1 Å². The minimum atomic E-state index is -0.761. The molecule has 0 aliphatic rings. The van der Waals surface area contributed by atoms with Gasteiger partial charge in [-0.05, 0) is 31.2 Å². The lowest BCUT2D eigenvalue weighted by molar-refractivity contribution is 0.0997. The van der Waals surface area contributed by atoms with E-state index >= 15 is 0 Å². The van der Waals surface area contributed by atoms with Crippen molar-refractivity contribution in [3.8, 4) is 17.1 Å². The number of hydrogen-bond donors (Lipinski definition) is 1. The van der Waals surface area contributed by atoms with Crippen LogP contribution in [0.25, 0.3) is 28.2 Å². The fourth-order valence-corrected chi connectivity index (χ4v) is 3.16. The van der Waals surface area contributed by atoms with Crippen LogP contribution in [0.1, 0.15) is 17.4 Å². The van der Waals surface area contributed by atoms with Gasteiger partial charge in [-0.2, -0.15) is 0 Å². The van der Waals surface area contributed by atoms with E-state index in [2.05, 4.69) is 9.97 Å². The second-order valence-electron chi connectivity index (χ2n) is 6.14. The van der Waals surface area contributed by atoms with Crippen molar-refractivity contribution in [3.63, 3.8) is 0 Å². The molecule has 0 fully saturated rings. The number of halogens is 1. The van der Waals surface area contributed by atoms with Crippen molar-refractivity contribution >= 4 is 17.1 Å². The van der Waals surface area contributed by atoms with Crippen LogP contribution in [0.15, 0.2) is 59.4 Å². The molecule has 2 N–H and O–H groups in total. The fraction of sp³-hybridized carbons (Fsp3) is 0.100. The third-order valence-corrected chi connectivity index (χ3v) is 4.44. The SMILES string of the molecule is CCn1c(=O)n(-c2ccc(F)cc2)c2nc(-c3ccccc3)nc(C(N)=O)c21. The number of aryl methyl sites for hydroxylation is 1. The molecule has 0 atom stereocenters. The van der Waals surface area contributed by atoms with Crippen molar-refractivity contribution < 1.29 is 9.18 Å². The summed E-state index contributed by atoms with van der Waals surface area (Å²) in [6.07, 6.45) is 0. The largest absolute Gasteiger partial charge is 0.364 e. The van der Waals surface area contributed by atoms with E-state index in [1.165, 1.54) is 33.4 Å². The van der Waals surface area contributed by atoms with Gasteiger partial charge in [-0.1, -0.05) is 30.3 Å². The summed E-state index contributed by atoms with van der Waals surface area (Å²) in [4.78, 5) is 34.0. The van der Waals surface area contributed by atoms with Crippen LogP contribution in [0, 0.1) is 5.82 Å². The van der Waals surface area contributed by atoms with Crippen LogP contribution in [0.3, 0.4) is 0 Å². The standard InChI is InChI=1S/C20H16FN5O2/c1-2-25-16-15(17(22)27)23-18(12-6-4-3-5-7-12)24-19(16)26(20(25)28)14-10-8-13(21)9-11-14/h3-11H,2H2,1H3,(H2,22,27). The quantitative estimate of drug-likeness (QED) is 0.591. The Morgan fingerprint density at radius 1 is 1.07 bits per heavy atom. The van der Waals surface area contributed by atoms with E-state index in [1.54, 1.807) is 19.1 Å². The maximum absolute atomic E-state index is 13.4. The first-order chi connectivity index (χ1) is 13.5. The summed E-state index contributed by atoms with van der Waals surface area (Å²) in [5.41, 5.74) is 6.71. The summed E-state index contributed by atoms with van der Waals surface area (Å²) in [6, 6.07) is 14.5. The van der Waals surface area contributed by atoms with Crippen LogP contribution >= 0.6 is 0 Å². The predicted molar refractivity (Wildman–Crippen MR) is 103 cm³/mol. The van der Waals surface area contributed by atoms with E-state index in [0.717, 1.165) is 0 Å². The highest BCUT2D eigenvalue weighted by atomic mass is 19.1. The molecule has 4 rings (SSSR count). The molecule has 0 saturated heterocycles. The first-order valence-electron chi connectivity index (χ1n) is 8.65. The zero-order valence-electron chi connectivity index (χ0n) is 15.0. The Labute approximate surface area is 158 Å². The molecule has 8 heteroatoms. The molecule has 2 aromatic carbocycles. The first-order valence-corrected chi connectivity index (χ1v) is 8.65. The van der Waals surface area contributed by atoms with E-state index in [0.29, 0.717) is 11.3 Å². The molecule has 0 radical (unpaired) electrons. The monoisotopic (exact) mass is 377 g/mol. The summed E-state index contributed by atoms with van der Waals surface area (Å²) in [7, 11) is 0. The minimum absolute atomic E-state index is 0.0383. The molecule has 0 aliphatic carbocycles. The highest BCUT2D eigenvalue weighted by Gasteiger charge is 2.23. The molecule has 0 spiro atoms. The lowest BCUT2D eigenvalue weighted by Gasteiger charge is -2.07. The Morgan fingerprint density at radius 2 is 1.75 bits per heavy atom. The number of nitrogens with two attached hydrogens (primary N) is 1. The minimum Gasteiger partial charge on any atom is -0.364 e. The van der Waals surface area contributed by atoms with Gasteiger partial charge in [0.2, 0.25) is 0 Å². The Balaban J connectivity index is 2.14. The predicted octanol–water partition coefficient (Wildman–Crippen LogP) is 2.51. The van der Waals surface area contributed by atoms with Gasteiger partial charge in [0, 0.05) is 12.1 Å². The van der Waals surface area contributed by atoms with Gasteiger partial charge in [-0.25, -0.2) is 23.7 Å². The number of benzene rings is 2. The Hall–Kier alpha value is -3.81. The summed E-state index contributed by atoms with van der Waals surface area (Å²) in [6.45, 7) is 2.06. The molecule has 2 aromatic heterocycles. The number of carbonyl (C=O) groups is 1. The number of imidazole rings is 1. The number of rotatable bonds is 4. The van der Waals surface area contributed by atoms with Crippen molar-refractivity contribution in [2.24, 2.45) is 5.73 Å².